The molecule has 2 fully saturated rings. The Morgan fingerprint density at radius 2 is 1.93 bits per heavy atom. The summed E-state index contributed by atoms with van der Waals surface area (Å²) in [4.78, 5) is 29.4. The Labute approximate surface area is 164 Å². The molecule has 1 atom stereocenters. The highest BCUT2D eigenvalue weighted by Crippen LogP contribution is 2.41. The van der Waals surface area contributed by atoms with Crippen LogP contribution in [-0.4, -0.2) is 47.0 Å². The van der Waals surface area contributed by atoms with Gasteiger partial charge in [0.05, 0.1) is 5.39 Å². The van der Waals surface area contributed by atoms with E-state index in [0.29, 0.717) is 11.8 Å². The number of piperazine rings is 1. The van der Waals surface area contributed by atoms with Gasteiger partial charge in [0.2, 0.25) is 5.91 Å². The van der Waals surface area contributed by atoms with Crippen molar-refractivity contribution in [2.75, 3.05) is 31.1 Å². The number of rotatable bonds is 3. The third kappa shape index (κ3) is 3.12. The number of carbonyl (C=O) groups excluding carboxylic acids is 1. The van der Waals surface area contributed by atoms with E-state index in [9.17, 15) is 4.79 Å². The SMILES string of the molecule is CCc1nc(N2CCN(C(=O)C3CC3)CC2)c2c3c(sc2n1)C[C@@H](C)CC3. The van der Waals surface area contributed by atoms with Crippen molar-refractivity contribution in [1.29, 1.82) is 0 Å². The van der Waals surface area contributed by atoms with E-state index in [0.717, 1.165) is 69.4 Å². The van der Waals surface area contributed by atoms with Gasteiger partial charge in [-0.3, -0.25) is 4.79 Å². The van der Waals surface area contributed by atoms with E-state index >= 15 is 0 Å². The molecule has 144 valence electrons. The van der Waals surface area contributed by atoms with Crippen LogP contribution in [0.1, 0.15) is 49.4 Å². The Hall–Kier alpha value is -1.69. The molecule has 5 rings (SSSR count). The lowest BCUT2D eigenvalue weighted by molar-refractivity contribution is -0.132. The molecule has 1 aliphatic heterocycles. The fourth-order valence-electron chi connectivity index (χ4n) is 4.48. The van der Waals surface area contributed by atoms with Gasteiger partial charge < -0.3 is 9.80 Å². The number of anilines is 1. The van der Waals surface area contributed by atoms with Crippen molar-refractivity contribution in [3.05, 3.63) is 16.3 Å². The summed E-state index contributed by atoms with van der Waals surface area (Å²) in [6.45, 7) is 7.90. The molecule has 2 aromatic heterocycles. The topological polar surface area (TPSA) is 49.3 Å². The van der Waals surface area contributed by atoms with Gasteiger partial charge in [-0.05, 0) is 43.6 Å². The van der Waals surface area contributed by atoms with Crippen molar-refractivity contribution < 1.29 is 4.79 Å². The average Bonchev–Trinajstić information content (AvgIpc) is 3.47. The molecule has 0 bridgehead atoms. The third-order valence-corrected chi connectivity index (χ3v) is 7.46. The first kappa shape index (κ1) is 17.4. The van der Waals surface area contributed by atoms with E-state index in [1.54, 1.807) is 0 Å². The van der Waals surface area contributed by atoms with Gasteiger partial charge >= 0.3 is 0 Å². The quantitative estimate of drug-likeness (QED) is 0.813. The lowest BCUT2D eigenvalue weighted by atomic mass is 9.89. The molecule has 2 aliphatic carbocycles. The van der Waals surface area contributed by atoms with Crippen LogP contribution in [-0.2, 0) is 24.1 Å². The predicted octanol–water partition coefficient (Wildman–Crippen LogP) is 3.44. The average molecular weight is 385 g/mol. The van der Waals surface area contributed by atoms with Crippen LogP contribution in [0, 0.1) is 11.8 Å². The van der Waals surface area contributed by atoms with Gasteiger partial charge in [-0.1, -0.05) is 13.8 Å². The summed E-state index contributed by atoms with van der Waals surface area (Å²) in [5.41, 5.74) is 1.50. The summed E-state index contributed by atoms with van der Waals surface area (Å²) in [6, 6.07) is 0. The summed E-state index contributed by atoms with van der Waals surface area (Å²) >= 11 is 1.89. The second-order valence-electron chi connectivity index (χ2n) is 8.44. The zero-order chi connectivity index (χ0) is 18.5. The van der Waals surface area contributed by atoms with Gasteiger partial charge in [-0.25, -0.2) is 9.97 Å². The molecular weight excluding hydrogens is 356 g/mol. The second-order valence-corrected chi connectivity index (χ2v) is 9.52. The number of carbonyl (C=O) groups is 1. The van der Waals surface area contributed by atoms with Gasteiger partial charge in [-0.15, -0.1) is 11.3 Å². The molecule has 0 aromatic carbocycles. The Balaban J connectivity index is 1.48. The van der Waals surface area contributed by atoms with E-state index in [2.05, 4.69) is 23.6 Å². The number of aromatic nitrogens is 2. The largest absolute Gasteiger partial charge is 0.352 e. The first-order valence-corrected chi connectivity index (χ1v) is 11.3. The third-order valence-electron chi connectivity index (χ3n) is 6.32. The van der Waals surface area contributed by atoms with E-state index < -0.39 is 0 Å². The highest BCUT2D eigenvalue weighted by atomic mass is 32.1. The van der Waals surface area contributed by atoms with Crippen LogP contribution in [0.4, 0.5) is 5.82 Å². The minimum absolute atomic E-state index is 0.319. The minimum atomic E-state index is 0.319. The summed E-state index contributed by atoms with van der Waals surface area (Å²) in [5.74, 6) is 3.53. The minimum Gasteiger partial charge on any atom is -0.352 e. The van der Waals surface area contributed by atoms with Crippen LogP contribution in [0.25, 0.3) is 10.2 Å². The summed E-state index contributed by atoms with van der Waals surface area (Å²) in [6.07, 6.45) is 6.63. The molecule has 2 aromatic rings. The van der Waals surface area contributed by atoms with Gasteiger partial charge in [0.25, 0.3) is 0 Å². The lowest BCUT2D eigenvalue weighted by Gasteiger charge is -2.36. The fourth-order valence-corrected chi connectivity index (χ4v) is 5.88. The molecule has 3 heterocycles. The van der Waals surface area contributed by atoms with Gasteiger partial charge in [0, 0.05) is 43.4 Å². The highest BCUT2D eigenvalue weighted by molar-refractivity contribution is 7.19. The lowest BCUT2D eigenvalue weighted by Crippen LogP contribution is -2.49. The summed E-state index contributed by atoms with van der Waals surface area (Å²) in [7, 11) is 0. The Morgan fingerprint density at radius 1 is 1.15 bits per heavy atom. The number of nitrogens with zero attached hydrogens (tertiary/aromatic N) is 4. The predicted molar refractivity (Wildman–Crippen MR) is 109 cm³/mol. The van der Waals surface area contributed by atoms with Crippen LogP contribution in [0.5, 0.6) is 0 Å². The Morgan fingerprint density at radius 3 is 2.63 bits per heavy atom. The van der Waals surface area contributed by atoms with E-state index in [1.807, 2.05) is 11.3 Å². The summed E-state index contributed by atoms with van der Waals surface area (Å²) < 4.78 is 0. The number of hydrogen-bond acceptors (Lipinski definition) is 5. The molecule has 3 aliphatic rings. The van der Waals surface area contributed by atoms with Gasteiger partial charge in [-0.2, -0.15) is 0 Å². The number of fused-ring (bicyclic) bond motifs is 3. The second kappa shape index (κ2) is 6.73. The Kier molecular flexibility index (Phi) is 4.34. The molecule has 5 nitrogen and oxygen atoms in total. The molecule has 27 heavy (non-hydrogen) atoms. The van der Waals surface area contributed by atoms with Crippen LogP contribution in [0.2, 0.25) is 0 Å². The molecule has 0 N–H and O–H groups in total. The van der Waals surface area contributed by atoms with Gasteiger partial charge in [0.1, 0.15) is 16.5 Å². The maximum atomic E-state index is 12.4. The zero-order valence-electron chi connectivity index (χ0n) is 16.3. The molecule has 0 radical (unpaired) electrons. The number of amides is 1. The van der Waals surface area contributed by atoms with Crippen molar-refractivity contribution in [3.8, 4) is 0 Å². The monoisotopic (exact) mass is 384 g/mol. The number of thiophene rings is 1. The number of hydrogen-bond donors (Lipinski definition) is 0. The smallest absolute Gasteiger partial charge is 0.225 e. The van der Waals surface area contributed by atoms with Crippen molar-refractivity contribution >= 4 is 33.3 Å². The van der Waals surface area contributed by atoms with Crippen molar-refractivity contribution in [3.63, 3.8) is 0 Å². The van der Waals surface area contributed by atoms with E-state index in [4.69, 9.17) is 9.97 Å². The molecule has 6 heteroatoms. The maximum Gasteiger partial charge on any atom is 0.225 e. The van der Waals surface area contributed by atoms with Crippen LogP contribution in [0.15, 0.2) is 0 Å². The first-order chi connectivity index (χ1) is 13.1. The maximum absolute atomic E-state index is 12.4. The van der Waals surface area contributed by atoms with E-state index in [1.165, 1.54) is 33.5 Å². The molecule has 1 amide bonds. The summed E-state index contributed by atoms with van der Waals surface area (Å²) in [5, 5.41) is 1.31. The van der Waals surface area contributed by atoms with E-state index in [-0.39, 0.29) is 0 Å². The standard InChI is InChI=1S/C21H28N4OS/c1-3-17-22-19(24-8-10-25(11-9-24)21(26)14-5-6-14)18-15-7-4-13(2)12-16(15)27-20(18)23-17/h13-14H,3-12H2,1-2H3/t13-/m0/s1. The molecule has 1 saturated carbocycles. The van der Waals surface area contributed by atoms with Crippen LogP contribution < -0.4 is 4.90 Å². The fraction of sp³-hybridized carbons (Fsp3) is 0.667. The van der Waals surface area contributed by atoms with Gasteiger partial charge in [0.15, 0.2) is 0 Å². The van der Waals surface area contributed by atoms with Crippen LogP contribution in [0.3, 0.4) is 0 Å². The molecule has 0 spiro atoms. The zero-order valence-corrected chi connectivity index (χ0v) is 17.1. The highest BCUT2D eigenvalue weighted by Gasteiger charge is 2.35. The van der Waals surface area contributed by atoms with Crippen molar-refractivity contribution in [2.45, 2.75) is 52.4 Å². The normalized spacial score (nSPS) is 23.0. The van der Waals surface area contributed by atoms with Crippen molar-refractivity contribution in [2.24, 2.45) is 11.8 Å². The van der Waals surface area contributed by atoms with Crippen LogP contribution >= 0.6 is 11.3 Å². The molecular formula is C21H28N4OS. The Bertz CT molecular complexity index is 880. The molecule has 0 unspecified atom stereocenters. The number of aryl methyl sites for hydroxylation is 2. The first-order valence-electron chi connectivity index (χ1n) is 10.5. The molecule has 1 saturated heterocycles. The van der Waals surface area contributed by atoms with Crippen molar-refractivity contribution in [1.82, 2.24) is 14.9 Å².